The maximum atomic E-state index is 13.5. The van der Waals surface area contributed by atoms with Gasteiger partial charge in [0.05, 0.1) is 11.1 Å². The Hall–Kier alpha value is -3.68. The maximum absolute atomic E-state index is 13.5. The quantitative estimate of drug-likeness (QED) is 0.369. The highest BCUT2D eigenvalue weighted by Crippen LogP contribution is 2.21. The van der Waals surface area contributed by atoms with Crippen molar-refractivity contribution >= 4 is 11.9 Å². The van der Waals surface area contributed by atoms with E-state index in [0.717, 1.165) is 24.3 Å². The first-order valence-corrected chi connectivity index (χ1v) is 7.78. The maximum Gasteiger partial charge on any atom is 0.343 e. The molecule has 0 radical (unpaired) electrons. The zero-order valence-corrected chi connectivity index (χ0v) is 13.9. The number of carbonyl (C=O) groups excluding carboxylic acids is 2. The third kappa shape index (κ3) is 4.35. The molecule has 0 saturated carbocycles. The minimum Gasteiger partial charge on any atom is -0.420 e. The van der Waals surface area contributed by atoms with Crippen LogP contribution < -0.4 is 9.47 Å². The zero-order chi connectivity index (χ0) is 20.3. The molecule has 0 N–H and O–H groups in total. The van der Waals surface area contributed by atoms with E-state index in [1.807, 2.05) is 0 Å². The Morgan fingerprint density at radius 2 is 0.929 bits per heavy atom. The summed E-state index contributed by atoms with van der Waals surface area (Å²) in [5.74, 6) is -6.52. The molecule has 0 fully saturated rings. The van der Waals surface area contributed by atoms with Crippen molar-refractivity contribution in [2.75, 3.05) is 0 Å². The second-order valence-electron chi connectivity index (χ2n) is 5.51. The van der Waals surface area contributed by atoms with E-state index in [4.69, 9.17) is 9.47 Å². The molecule has 0 unspecified atom stereocenters. The summed E-state index contributed by atoms with van der Waals surface area (Å²) >= 11 is 0. The zero-order valence-electron chi connectivity index (χ0n) is 13.9. The van der Waals surface area contributed by atoms with Gasteiger partial charge in [-0.15, -0.1) is 0 Å². The predicted octanol–water partition coefficient (Wildman–Crippen LogP) is 4.68. The van der Waals surface area contributed by atoms with Crippen LogP contribution in [0.4, 0.5) is 17.6 Å². The smallest absolute Gasteiger partial charge is 0.343 e. The van der Waals surface area contributed by atoms with Crippen molar-refractivity contribution < 1.29 is 36.6 Å². The van der Waals surface area contributed by atoms with E-state index in [-0.39, 0.29) is 11.1 Å². The van der Waals surface area contributed by atoms with Crippen LogP contribution in [0.3, 0.4) is 0 Å². The van der Waals surface area contributed by atoms with E-state index in [1.54, 1.807) is 0 Å². The molecule has 3 rings (SSSR count). The Kier molecular flexibility index (Phi) is 5.39. The van der Waals surface area contributed by atoms with Crippen molar-refractivity contribution in [2.45, 2.75) is 0 Å². The van der Waals surface area contributed by atoms with Crippen LogP contribution in [0.5, 0.6) is 11.5 Å². The normalized spacial score (nSPS) is 10.4. The molecule has 0 atom stereocenters. The number of benzene rings is 3. The third-order valence-corrected chi connectivity index (χ3v) is 3.55. The molecule has 28 heavy (non-hydrogen) atoms. The number of hydrogen-bond acceptors (Lipinski definition) is 4. The summed E-state index contributed by atoms with van der Waals surface area (Å²) in [6.07, 6.45) is 0. The Labute approximate surface area is 155 Å². The first-order valence-electron chi connectivity index (χ1n) is 7.78. The van der Waals surface area contributed by atoms with Crippen molar-refractivity contribution in [1.82, 2.24) is 0 Å². The van der Waals surface area contributed by atoms with Gasteiger partial charge in [0.15, 0.2) is 23.1 Å². The lowest BCUT2D eigenvalue weighted by Gasteiger charge is -2.07. The average Bonchev–Trinajstić information content (AvgIpc) is 2.66. The monoisotopic (exact) mass is 390 g/mol. The molecular formula is C20H10F4O4. The fraction of sp³-hybridized carbons (Fsp3) is 0. The first kappa shape index (κ1) is 19.1. The molecule has 0 aromatic heterocycles. The summed E-state index contributed by atoms with van der Waals surface area (Å²) < 4.78 is 62.4. The van der Waals surface area contributed by atoms with Crippen LogP contribution in [0.1, 0.15) is 20.7 Å². The van der Waals surface area contributed by atoms with E-state index >= 15 is 0 Å². The van der Waals surface area contributed by atoms with E-state index in [0.29, 0.717) is 12.1 Å². The molecule has 0 saturated heterocycles. The van der Waals surface area contributed by atoms with Crippen LogP contribution in [0.25, 0.3) is 0 Å². The molecule has 8 heteroatoms. The van der Waals surface area contributed by atoms with E-state index in [1.165, 1.54) is 24.3 Å². The summed E-state index contributed by atoms with van der Waals surface area (Å²) in [5.41, 5.74) is -0.0403. The van der Waals surface area contributed by atoms with Crippen molar-refractivity contribution in [3.05, 3.63) is 95.1 Å². The summed E-state index contributed by atoms with van der Waals surface area (Å²) in [6, 6.07) is 9.76. The highest BCUT2D eigenvalue weighted by atomic mass is 19.1. The standard InChI is InChI=1S/C20H10F4O4/c21-13-5-7-17(15(23)9-13)27-19(25)11-1-2-12(4-3-11)20(26)28-18-8-6-14(22)10-16(18)24/h1-10H. The average molecular weight is 390 g/mol. The van der Waals surface area contributed by atoms with Crippen LogP contribution >= 0.6 is 0 Å². The molecule has 3 aromatic rings. The van der Waals surface area contributed by atoms with Crippen LogP contribution in [0.2, 0.25) is 0 Å². The van der Waals surface area contributed by atoms with Gasteiger partial charge in [-0.1, -0.05) is 0 Å². The fourth-order valence-corrected chi connectivity index (χ4v) is 2.18. The molecule has 0 spiro atoms. The molecular weight excluding hydrogens is 380 g/mol. The Morgan fingerprint density at radius 1 is 0.571 bits per heavy atom. The molecule has 4 nitrogen and oxygen atoms in total. The molecule has 0 aliphatic carbocycles. The Balaban J connectivity index is 1.70. The third-order valence-electron chi connectivity index (χ3n) is 3.55. The van der Waals surface area contributed by atoms with Crippen molar-refractivity contribution in [3.8, 4) is 11.5 Å². The Morgan fingerprint density at radius 3 is 1.25 bits per heavy atom. The molecule has 0 heterocycles. The minimum absolute atomic E-state index is 0.0202. The Bertz CT molecular complexity index is 964. The summed E-state index contributed by atoms with van der Waals surface area (Å²) in [7, 11) is 0. The van der Waals surface area contributed by atoms with Gasteiger partial charge in [-0.2, -0.15) is 0 Å². The van der Waals surface area contributed by atoms with Gasteiger partial charge in [0, 0.05) is 12.1 Å². The van der Waals surface area contributed by atoms with Crippen LogP contribution in [0, 0.1) is 23.3 Å². The minimum atomic E-state index is -1.05. The molecule has 0 aliphatic heterocycles. The van der Waals surface area contributed by atoms with Crippen LogP contribution in [-0.4, -0.2) is 11.9 Å². The summed E-state index contributed by atoms with van der Waals surface area (Å²) in [6.45, 7) is 0. The second kappa shape index (κ2) is 7.91. The van der Waals surface area contributed by atoms with Crippen molar-refractivity contribution in [2.24, 2.45) is 0 Å². The van der Waals surface area contributed by atoms with E-state index in [2.05, 4.69) is 0 Å². The first-order chi connectivity index (χ1) is 13.3. The number of halogens is 4. The lowest BCUT2D eigenvalue weighted by molar-refractivity contribution is 0.0713. The second-order valence-corrected chi connectivity index (χ2v) is 5.51. The lowest BCUT2D eigenvalue weighted by Crippen LogP contribution is -2.12. The fourth-order valence-electron chi connectivity index (χ4n) is 2.18. The number of carbonyl (C=O) groups is 2. The molecule has 142 valence electrons. The molecule has 0 amide bonds. The van der Waals surface area contributed by atoms with Gasteiger partial charge in [-0.05, 0) is 48.5 Å². The van der Waals surface area contributed by atoms with Crippen molar-refractivity contribution in [3.63, 3.8) is 0 Å². The van der Waals surface area contributed by atoms with Crippen LogP contribution in [0.15, 0.2) is 60.7 Å². The topological polar surface area (TPSA) is 52.6 Å². The van der Waals surface area contributed by atoms with Gasteiger partial charge in [-0.25, -0.2) is 27.2 Å². The SMILES string of the molecule is O=C(Oc1ccc(F)cc1F)c1ccc(C(=O)Oc2ccc(F)cc2F)cc1. The summed E-state index contributed by atoms with van der Waals surface area (Å²) in [4.78, 5) is 24.0. The number of ether oxygens (including phenoxy) is 2. The molecule has 3 aromatic carbocycles. The highest BCUT2D eigenvalue weighted by molar-refractivity contribution is 5.94. The van der Waals surface area contributed by atoms with E-state index in [9.17, 15) is 27.2 Å². The summed E-state index contributed by atoms with van der Waals surface area (Å²) in [5, 5.41) is 0. The molecule has 0 aliphatic rings. The highest BCUT2D eigenvalue weighted by Gasteiger charge is 2.16. The van der Waals surface area contributed by atoms with Gasteiger partial charge in [0.2, 0.25) is 0 Å². The van der Waals surface area contributed by atoms with Crippen molar-refractivity contribution in [1.29, 1.82) is 0 Å². The number of hydrogen-bond donors (Lipinski definition) is 0. The van der Waals surface area contributed by atoms with Gasteiger partial charge in [0.1, 0.15) is 11.6 Å². The van der Waals surface area contributed by atoms with E-state index < -0.39 is 46.7 Å². The number of rotatable bonds is 4. The predicted molar refractivity (Wildman–Crippen MR) is 89.1 cm³/mol. The molecule has 0 bridgehead atoms. The van der Waals surface area contributed by atoms with Gasteiger partial charge < -0.3 is 9.47 Å². The van der Waals surface area contributed by atoms with Gasteiger partial charge in [-0.3, -0.25) is 0 Å². The van der Waals surface area contributed by atoms with Crippen LogP contribution in [-0.2, 0) is 0 Å². The lowest BCUT2D eigenvalue weighted by atomic mass is 10.1. The number of esters is 2. The largest absolute Gasteiger partial charge is 0.420 e. The van der Waals surface area contributed by atoms with Gasteiger partial charge in [0.25, 0.3) is 0 Å². The van der Waals surface area contributed by atoms with Gasteiger partial charge >= 0.3 is 11.9 Å².